The molecular weight excluding hydrogens is 581 g/mol. The molecule has 11 nitrogen and oxygen atoms in total. The number of nitrogens with one attached hydrogen (secondary N) is 2. The number of likely N-dealkylation sites (tertiary alicyclic amines) is 1. The summed E-state index contributed by atoms with van der Waals surface area (Å²) >= 11 is 0. The SMILES string of the molecule is COc1ccc(CC(C(=O)N2CCC(C#N)(c3ccccc3)CC2)N(OC(=O)C(F)(F)F)C(=O)NCCc2c[nH]cn2)cc1. The highest BCUT2D eigenvalue weighted by atomic mass is 19.4. The summed E-state index contributed by atoms with van der Waals surface area (Å²) in [6, 6.07) is 15.0. The number of hydrogen-bond donors (Lipinski definition) is 2. The Hall–Kier alpha value is -5.06. The van der Waals surface area contributed by atoms with Gasteiger partial charge in [-0.15, -0.1) is 5.06 Å². The van der Waals surface area contributed by atoms with Gasteiger partial charge in [0.25, 0.3) is 0 Å². The van der Waals surface area contributed by atoms with Crippen LogP contribution in [0.1, 0.15) is 29.7 Å². The number of piperidine rings is 1. The summed E-state index contributed by atoms with van der Waals surface area (Å²) in [7, 11) is 1.46. The van der Waals surface area contributed by atoms with Crippen molar-refractivity contribution in [2.45, 2.75) is 43.3 Å². The molecule has 1 fully saturated rings. The van der Waals surface area contributed by atoms with E-state index in [1.165, 1.54) is 18.3 Å². The molecule has 0 saturated carbocycles. The molecule has 4 rings (SSSR count). The first kappa shape index (κ1) is 31.9. The number of aromatic nitrogens is 2. The molecule has 1 unspecified atom stereocenters. The molecule has 1 aromatic heterocycles. The van der Waals surface area contributed by atoms with Crippen molar-refractivity contribution >= 4 is 17.9 Å². The lowest BCUT2D eigenvalue weighted by Crippen LogP contribution is -2.58. The fourth-order valence-corrected chi connectivity index (χ4v) is 4.99. The highest BCUT2D eigenvalue weighted by molar-refractivity contribution is 5.88. The monoisotopic (exact) mass is 612 g/mol. The van der Waals surface area contributed by atoms with E-state index in [1.54, 1.807) is 30.5 Å². The Kier molecular flexibility index (Phi) is 10.1. The van der Waals surface area contributed by atoms with Gasteiger partial charge >= 0.3 is 18.2 Å². The second-order valence-corrected chi connectivity index (χ2v) is 10.2. The summed E-state index contributed by atoms with van der Waals surface area (Å²) in [6.45, 7) is 0.100. The molecule has 1 atom stereocenters. The van der Waals surface area contributed by atoms with Crippen LogP contribution in [0.15, 0.2) is 67.1 Å². The average molecular weight is 613 g/mol. The van der Waals surface area contributed by atoms with Crippen molar-refractivity contribution in [1.82, 2.24) is 25.2 Å². The first-order chi connectivity index (χ1) is 21.1. The zero-order valence-electron chi connectivity index (χ0n) is 23.8. The minimum Gasteiger partial charge on any atom is -0.497 e. The van der Waals surface area contributed by atoms with Crippen LogP contribution in [0.5, 0.6) is 5.75 Å². The molecule has 1 saturated heterocycles. The number of halogens is 3. The number of carbonyl (C=O) groups is 3. The number of hydroxylamine groups is 2. The normalized spacial score (nSPS) is 15.0. The Labute approximate surface area is 251 Å². The zero-order chi connectivity index (χ0) is 31.7. The van der Waals surface area contributed by atoms with Gasteiger partial charge in [0.2, 0.25) is 5.91 Å². The number of ether oxygens (including phenoxy) is 1. The molecular formula is C30H31F3N6O5. The standard InChI is InChI=1S/C30H31F3N6O5/c1-43-24-9-7-21(8-10-24)17-25(26(40)38-15-12-29(19-34,13-16-38)22-5-3-2-4-6-22)39(44-27(41)30(31,32)33)28(42)36-14-11-23-18-35-20-37-23/h2-10,18,20,25H,11-17H2,1H3,(H,35,37)(H,36,42). The number of carbonyl (C=O) groups excluding carboxylic acids is 3. The van der Waals surface area contributed by atoms with Crippen LogP contribution in [0.25, 0.3) is 0 Å². The third-order valence-electron chi connectivity index (χ3n) is 7.45. The topological polar surface area (TPSA) is 141 Å². The Bertz CT molecular complexity index is 1450. The van der Waals surface area contributed by atoms with Crippen molar-refractivity contribution < 1.29 is 37.1 Å². The predicted octanol–water partition coefficient (Wildman–Crippen LogP) is 3.69. The predicted molar refractivity (Wildman–Crippen MR) is 150 cm³/mol. The number of rotatable bonds is 9. The van der Waals surface area contributed by atoms with Gasteiger partial charge in [0.05, 0.1) is 30.6 Å². The molecule has 0 radical (unpaired) electrons. The fraction of sp³-hybridized carbons (Fsp3) is 0.367. The molecule has 1 aliphatic heterocycles. The van der Waals surface area contributed by atoms with Gasteiger partial charge in [-0.05, 0) is 36.1 Å². The minimum atomic E-state index is -5.44. The first-order valence-corrected chi connectivity index (χ1v) is 13.8. The van der Waals surface area contributed by atoms with Crippen molar-refractivity contribution in [3.8, 4) is 11.8 Å². The van der Waals surface area contributed by atoms with E-state index < -0.39 is 35.5 Å². The number of amides is 3. The van der Waals surface area contributed by atoms with E-state index >= 15 is 0 Å². The lowest BCUT2D eigenvalue weighted by atomic mass is 9.74. The van der Waals surface area contributed by atoms with Crippen molar-refractivity contribution in [2.75, 3.05) is 26.7 Å². The van der Waals surface area contributed by atoms with Crippen LogP contribution in [-0.4, -0.2) is 76.8 Å². The molecule has 2 heterocycles. The average Bonchev–Trinajstić information content (AvgIpc) is 3.56. The second kappa shape index (κ2) is 13.9. The molecule has 0 bridgehead atoms. The highest BCUT2D eigenvalue weighted by Gasteiger charge is 2.47. The molecule has 44 heavy (non-hydrogen) atoms. The number of aromatic amines is 1. The van der Waals surface area contributed by atoms with E-state index in [4.69, 9.17) is 4.74 Å². The highest BCUT2D eigenvalue weighted by Crippen LogP contribution is 2.35. The van der Waals surface area contributed by atoms with Crippen molar-refractivity contribution in [2.24, 2.45) is 0 Å². The quantitative estimate of drug-likeness (QED) is 0.351. The Morgan fingerprint density at radius 3 is 2.39 bits per heavy atom. The summed E-state index contributed by atoms with van der Waals surface area (Å²) in [5, 5.41) is 12.6. The number of alkyl halides is 3. The van der Waals surface area contributed by atoms with Crippen molar-refractivity contribution in [3.63, 3.8) is 0 Å². The van der Waals surface area contributed by atoms with Gasteiger partial charge in [-0.25, -0.2) is 14.6 Å². The molecule has 1 aliphatic rings. The molecule has 2 aromatic carbocycles. The maximum Gasteiger partial charge on any atom is 0.493 e. The van der Waals surface area contributed by atoms with Crippen LogP contribution < -0.4 is 10.1 Å². The first-order valence-electron chi connectivity index (χ1n) is 13.8. The molecule has 3 amide bonds. The van der Waals surface area contributed by atoms with E-state index in [9.17, 15) is 32.8 Å². The van der Waals surface area contributed by atoms with E-state index in [-0.39, 0.29) is 50.4 Å². The third kappa shape index (κ3) is 7.66. The zero-order valence-corrected chi connectivity index (χ0v) is 23.8. The van der Waals surface area contributed by atoms with Gasteiger partial charge in [-0.3, -0.25) is 4.79 Å². The summed E-state index contributed by atoms with van der Waals surface area (Å²) in [5.74, 6) is -2.89. The summed E-state index contributed by atoms with van der Waals surface area (Å²) < 4.78 is 45.2. The number of nitriles is 1. The molecule has 14 heteroatoms. The van der Waals surface area contributed by atoms with E-state index in [1.807, 2.05) is 30.3 Å². The van der Waals surface area contributed by atoms with Crippen LogP contribution in [-0.2, 0) is 32.7 Å². The van der Waals surface area contributed by atoms with Gasteiger partial charge in [0, 0.05) is 38.7 Å². The van der Waals surface area contributed by atoms with Crippen molar-refractivity contribution in [1.29, 1.82) is 5.26 Å². The largest absolute Gasteiger partial charge is 0.497 e. The number of hydrogen-bond acceptors (Lipinski definition) is 7. The fourth-order valence-electron chi connectivity index (χ4n) is 4.99. The van der Waals surface area contributed by atoms with E-state index in [0.717, 1.165) is 5.56 Å². The summed E-state index contributed by atoms with van der Waals surface area (Å²) in [6.07, 6.45) is -1.98. The smallest absolute Gasteiger partial charge is 0.493 e. The van der Waals surface area contributed by atoms with Crippen LogP contribution in [0.2, 0.25) is 0 Å². The Balaban J connectivity index is 1.61. The lowest BCUT2D eigenvalue weighted by molar-refractivity contribution is -0.234. The van der Waals surface area contributed by atoms with Gasteiger partial charge < -0.3 is 24.8 Å². The number of imidazole rings is 1. The van der Waals surface area contributed by atoms with Crippen LogP contribution in [0, 0.1) is 11.3 Å². The Morgan fingerprint density at radius 2 is 1.82 bits per heavy atom. The van der Waals surface area contributed by atoms with Crippen LogP contribution in [0.3, 0.4) is 0 Å². The van der Waals surface area contributed by atoms with Crippen LogP contribution in [0.4, 0.5) is 18.0 Å². The second-order valence-electron chi connectivity index (χ2n) is 10.2. The maximum absolute atomic E-state index is 14.0. The van der Waals surface area contributed by atoms with Gasteiger partial charge in [-0.2, -0.15) is 18.4 Å². The third-order valence-corrected chi connectivity index (χ3v) is 7.45. The molecule has 2 N–H and O–H groups in total. The number of nitrogens with zero attached hydrogens (tertiary/aromatic N) is 4. The van der Waals surface area contributed by atoms with Gasteiger partial charge in [0.1, 0.15) is 5.75 Å². The summed E-state index contributed by atoms with van der Waals surface area (Å²) in [4.78, 5) is 52.1. The number of urea groups is 1. The maximum atomic E-state index is 14.0. The number of H-pyrrole nitrogens is 1. The van der Waals surface area contributed by atoms with Gasteiger partial charge in [0.15, 0.2) is 6.04 Å². The van der Waals surface area contributed by atoms with E-state index in [2.05, 4.69) is 26.2 Å². The van der Waals surface area contributed by atoms with Crippen LogP contribution >= 0.6 is 0 Å². The number of benzene rings is 2. The Morgan fingerprint density at radius 1 is 1.14 bits per heavy atom. The van der Waals surface area contributed by atoms with Crippen molar-refractivity contribution in [3.05, 3.63) is 83.9 Å². The molecule has 232 valence electrons. The molecule has 0 spiro atoms. The minimum absolute atomic E-state index is 0.0708. The molecule has 0 aliphatic carbocycles. The number of methoxy groups -OCH3 is 1. The summed E-state index contributed by atoms with van der Waals surface area (Å²) in [5.41, 5.74) is 0.966. The molecule has 3 aromatic rings. The van der Waals surface area contributed by atoms with E-state index in [0.29, 0.717) is 17.0 Å². The lowest BCUT2D eigenvalue weighted by Gasteiger charge is -2.40. The van der Waals surface area contributed by atoms with Gasteiger partial charge in [-0.1, -0.05) is 42.5 Å².